The van der Waals surface area contributed by atoms with E-state index in [4.69, 9.17) is 14.7 Å². The van der Waals surface area contributed by atoms with E-state index in [9.17, 15) is 9.59 Å². The molecule has 28 heavy (non-hydrogen) atoms. The third-order valence-electron chi connectivity index (χ3n) is 4.06. The number of hydrogen-bond acceptors (Lipinski definition) is 6. The number of thioether (sulfide) groups is 1. The molecule has 7 heteroatoms. The summed E-state index contributed by atoms with van der Waals surface area (Å²) in [5, 5.41) is 11.9. The normalized spacial score (nSPS) is 11.2. The fraction of sp³-hybridized carbons (Fsp3) is 0.286. The molecule has 0 heterocycles. The Balaban J connectivity index is 2.08. The predicted octanol–water partition coefficient (Wildman–Crippen LogP) is 3.16. The van der Waals surface area contributed by atoms with Crippen LogP contribution in [0.4, 0.5) is 0 Å². The van der Waals surface area contributed by atoms with Crippen molar-refractivity contribution in [2.24, 2.45) is 0 Å². The average Bonchev–Trinajstić information content (AvgIpc) is 2.74. The van der Waals surface area contributed by atoms with Gasteiger partial charge in [0.25, 0.3) is 5.91 Å². The van der Waals surface area contributed by atoms with Gasteiger partial charge in [-0.1, -0.05) is 30.3 Å². The van der Waals surface area contributed by atoms with Gasteiger partial charge in [-0.2, -0.15) is 17.0 Å². The zero-order chi connectivity index (χ0) is 20.4. The highest BCUT2D eigenvalue weighted by Gasteiger charge is 2.24. The lowest BCUT2D eigenvalue weighted by Gasteiger charge is -2.18. The van der Waals surface area contributed by atoms with Crippen molar-refractivity contribution in [1.82, 2.24) is 5.32 Å². The molecule has 2 aromatic rings. The molecule has 2 aromatic carbocycles. The number of rotatable bonds is 9. The van der Waals surface area contributed by atoms with E-state index in [1.807, 2.05) is 6.26 Å². The summed E-state index contributed by atoms with van der Waals surface area (Å²) in [7, 11) is 1.48. The molecule has 0 aromatic heterocycles. The largest absolute Gasteiger partial charge is 0.496 e. The van der Waals surface area contributed by atoms with Gasteiger partial charge < -0.3 is 14.8 Å². The van der Waals surface area contributed by atoms with Gasteiger partial charge in [-0.3, -0.25) is 4.79 Å². The lowest BCUT2D eigenvalue weighted by atomic mass is 10.1. The lowest BCUT2D eigenvalue weighted by Crippen LogP contribution is -2.42. The molecule has 146 valence electrons. The Kier molecular flexibility index (Phi) is 8.37. The van der Waals surface area contributed by atoms with Crippen LogP contribution in [-0.4, -0.2) is 37.0 Å². The van der Waals surface area contributed by atoms with Crippen LogP contribution in [0.2, 0.25) is 0 Å². The number of carbonyl (C=O) groups is 2. The molecule has 0 aliphatic rings. The lowest BCUT2D eigenvalue weighted by molar-refractivity contribution is -0.147. The number of nitrogens with one attached hydrogen (secondary N) is 1. The van der Waals surface area contributed by atoms with Crippen LogP contribution in [-0.2, 0) is 16.1 Å². The molecule has 0 bridgehead atoms. The van der Waals surface area contributed by atoms with E-state index >= 15 is 0 Å². The minimum Gasteiger partial charge on any atom is -0.496 e. The first-order valence-electron chi connectivity index (χ1n) is 8.68. The summed E-state index contributed by atoms with van der Waals surface area (Å²) >= 11 is 1.57. The molecule has 1 N–H and O–H groups in total. The molecule has 0 spiro atoms. The maximum Gasteiger partial charge on any atom is 0.329 e. The van der Waals surface area contributed by atoms with Crippen LogP contribution in [0.25, 0.3) is 0 Å². The number of amides is 1. The minimum absolute atomic E-state index is 0.0249. The van der Waals surface area contributed by atoms with Crippen LogP contribution < -0.4 is 10.1 Å². The van der Waals surface area contributed by atoms with Crippen molar-refractivity contribution < 1.29 is 19.1 Å². The molecule has 0 saturated carbocycles. The van der Waals surface area contributed by atoms with Gasteiger partial charge in [0.05, 0.1) is 24.3 Å². The monoisotopic (exact) mass is 398 g/mol. The highest BCUT2D eigenvalue weighted by Crippen LogP contribution is 2.18. The third kappa shape index (κ3) is 5.76. The Morgan fingerprint density at radius 1 is 1.18 bits per heavy atom. The zero-order valence-corrected chi connectivity index (χ0v) is 16.6. The molecule has 0 fully saturated rings. The number of para-hydroxylation sites is 1. The van der Waals surface area contributed by atoms with E-state index < -0.39 is 17.9 Å². The molecule has 0 saturated heterocycles. The topological polar surface area (TPSA) is 88.4 Å². The summed E-state index contributed by atoms with van der Waals surface area (Å²) in [6, 6.07) is 15.0. The second kappa shape index (κ2) is 11.0. The van der Waals surface area contributed by atoms with Crippen LogP contribution in [0, 0.1) is 11.3 Å². The SMILES string of the molecule is COc1ccccc1C(=O)N[C@H](CCSC)C(=O)OCc1ccccc1C#N. The van der Waals surface area contributed by atoms with Gasteiger partial charge in [0.2, 0.25) is 0 Å². The Hall–Kier alpha value is -2.98. The van der Waals surface area contributed by atoms with Gasteiger partial charge in [-0.05, 0) is 36.6 Å². The second-order valence-electron chi connectivity index (χ2n) is 5.88. The molecular weight excluding hydrogens is 376 g/mol. The number of nitriles is 1. The number of ether oxygens (including phenoxy) is 2. The number of methoxy groups -OCH3 is 1. The van der Waals surface area contributed by atoms with Crippen LogP contribution in [0.15, 0.2) is 48.5 Å². The van der Waals surface area contributed by atoms with Crippen molar-refractivity contribution in [3.05, 3.63) is 65.2 Å². The number of hydrogen-bond donors (Lipinski definition) is 1. The van der Waals surface area contributed by atoms with Crippen LogP contribution in [0.1, 0.15) is 27.9 Å². The van der Waals surface area contributed by atoms with Gasteiger partial charge in [0, 0.05) is 5.56 Å². The van der Waals surface area contributed by atoms with Gasteiger partial charge in [0.1, 0.15) is 18.4 Å². The van der Waals surface area contributed by atoms with Gasteiger partial charge in [-0.25, -0.2) is 4.79 Å². The summed E-state index contributed by atoms with van der Waals surface area (Å²) in [6.07, 6.45) is 2.36. The summed E-state index contributed by atoms with van der Waals surface area (Å²) < 4.78 is 10.6. The molecule has 0 unspecified atom stereocenters. The minimum atomic E-state index is -0.792. The van der Waals surface area contributed by atoms with Crippen molar-refractivity contribution in [2.75, 3.05) is 19.1 Å². The standard InChI is InChI=1S/C21H22N2O4S/c1-26-19-10-6-5-9-17(19)20(24)23-18(11-12-28-2)21(25)27-14-16-8-4-3-7-15(16)13-22/h3-10,18H,11-12,14H2,1-2H3,(H,23,24)/t18-/m1/s1. The predicted molar refractivity (Wildman–Crippen MR) is 108 cm³/mol. The Labute approximate surface area is 168 Å². The number of benzene rings is 2. The Morgan fingerprint density at radius 3 is 2.61 bits per heavy atom. The fourth-order valence-electron chi connectivity index (χ4n) is 2.56. The van der Waals surface area contributed by atoms with Gasteiger partial charge >= 0.3 is 5.97 Å². The van der Waals surface area contributed by atoms with E-state index in [1.54, 1.807) is 60.3 Å². The van der Waals surface area contributed by atoms with Crippen LogP contribution in [0.3, 0.4) is 0 Å². The molecule has 6 nitrogen and oxygen atoms in total. The summed E-state index contributed by atoms with van der Waals surface area (Å²) in [4.78, 5) is 25.2. The third-order valence-corrected chi connectivity index (χ3v) is 4.70. The van der Waals surface area contributed by atoms with Crippen LogP contribution >= 0.6 is 11.8 Å². The summed E-state index contributed by atoms with van der Waals surface area (Å²) in [6.45, 7) is -0.0249. The number of nitrogens with zero attached hydrogens (tertiary/aromatic N) is 1. The van der Waals surface area contributed by atoms with E-state index in [2.05, 4.69) is 11.4 Å². The molecular formula is C21H22N2O4S. The highest BCUT2D eigenvalue weighted by molar-refractivity contribution is 7.98. The van der Waals surface area contributed by atoms with E-state index in [0.29, 0.717) is 34.6 Å². The summed E-state index contributed by atoms with van der Waals surface area (Å²) in [5.41, 5.74) is 1.42. The van der Waals surface area contributed by atoms with E-state index in [0.717, 1.165) is 0 Å². The first-order chi connectivity index (χ1) is 13.6. The van der Waals surface area contributed by atoms with E-state index in [1.165, 1.54) is 7.11 Å². The molecule has 2 rings (SSSR count). The number of carbonyl (C=O) groups excluding carboxylic acids is 2. The molecule has 0 radical (unpaired) electrons. The highest BCUT2D eigenvalue weighted by atomic mass is 32.2. The first kappa shape index (κ1) is 21.3. The van der Waals surface area contributed by atoms with E-state index in [-0.39, 0.29) is 6.61 Å². The summed E-state index contributed by atoms with van der Waals surface area (Å²) in [5.74, 6) is 0.170. The maximum absolute atomic E-state index is 12.6. The van der Waals surface area contributed by atoms with Crippen molar-refractivity contribution in [2.45, 2.75) is 19.1 Å². The molecule has 0 aliphatic carbocycles. The Bertz CT molecular complexity index is 863. The Morgan fingerprint density at radius 2 is 1.89 bits per heavy atom. The van der Waals surface area contributed by atoms with Gasteiger partial charge in [-0.15, -0.1) is 0 Å². The smallest absolute Gasteiger partial charge is 0.329 e. The van der Waals surface area contributed by atoms with Crippen molar-refractivity contribution >= 4 is 23.6 Å². The molecule has 1 atom stereocenters. The quantitative estimate of drug-likeness (QED) is 0.653. The second-order valence-corrected chi connectivity index (χ2v) is 6.87. The first-order valence-corrected chi connectivity index (χ1v) is 10.1. The van der Waals surface area contributed by atoms with Gasteiger partial charge in [0.15, 0.2) is 0 Å². The van der Waals surface area contributed by atoms with Crippen LogP contribution in [0.5, 0.6) is 5.75 Å². The van der Waals surface area contributed by atoms with Crippen molar-refractivity contribution in [1.29, 1.82) is 5.26 Å². The zero-order valence-electron chi connectivity index (χ0n) is 15.8. The molecule has 0 aliphatic heterocycles. The number of esters is 1. The molecule has 1 amide bonds. The maximum atomic E-state index is 12.6. The average molecular weight is 398 g/mol. The van der Waals surface area contributed by atoms with Crippen molar-refractivity contribution in [3.8, 4) is 11.8 Å². The van der Waals surface area contributed by atoms with Crippen molar-refractivity contribution in [3.63, 3.8) is 0 Å². The fourth-order valence-corrected chi connectivity index (χ4v) is 3.03.